The van der Waals surface area contributed by atoms with Gasteiger partial charge in [0, 0.05) is 20.3 Å². The molecule has 0 unspecified atom stereocenters. The van der Waals surface area contributed by atoms with E-state index in [-0.39, 0.29) is 11.1 Å². The highest BCUT2D eigenvalue weighted by Crippen LogP contribution is 2.34. The summed E-state index contributed by atoms with van der Waals surface area (Å²) in [6.07, 6.45) is 1.66. The summed E-state index contributed by atoms with van der Waals surface area (Å²) < 4.78 is 0. The zero-order chi connectivity index (χ0) is 12.4. The average molecular weight is 248 g/mol. The maximum Gasteiger partial charge on any atom is 0.298 e. The fourth-order valence-corrected chi connectivity index (χ4v) is 2.40. The number of amides is 2. The van der Waals surface area contributed by atoms with Crippen LogP contribution < -0.4 is 4.90 Å². The van der Waals surface area contributed by atoms with E-state index in [4.69, 9.17) is 0 Å². The maximum absolute atomic E-state index is 12.0. The molecule has 1 saturated heterocycles. The molecule has 0 spiro atoms. The number of thioether (sulfide) groups is 1. The molecular weight excluding hydrogens is 236 g/mol. The van der Waals surface area contributed by atoms with E-state index >= 15 is 0 Å². The molecule has 1 aliphatic heterocycles. The Kier molecular flexibility index (Phi) is 3.19. The van der Waals surface area contributed by atoms with E-state index in [0.29, 0.717) is 10.6 Å². The molecule has 17 heavy (non-hydrogen) atoms. The van der Waals surface area contributed by atoms with E-state index in [2.05, 4.69) is 0 Å². The standard InChI is InChI=1S/C12H12N2O2S/c1-13(2)8-10-11(15)14(12(16)17-10)9-6-4-3-5-7-9/h3-8H,1-2H3/b10-8+. The van der Waals surface area contributed by atoms with Crippen molar-refractivity contribution >= 4 is 28.6 Å². The van der Waals surface area contributed by atoms with Gasteiger partial charge in [-0.15, -0.1) is 0 Å². The van der Waals surface area contributed by atoms with E-state index < -0.39 is 0 Å². The maximum atomic E-state index is 12.0. The molecule has 0 aliphatic carbocycles. The van der Waals surface area contributed by atoms with Crippen molar-refractivity contribution in [3.63, 3.8) is 0 Å². The van der Waals surface area contributed by atoms with Crippen molar-refractivity contribution in [3.05, 3.63) is 41.4 Å². The number of hydrogen-bond donors (Lipinski definition) is 0. The van der Waals surface area contributed by atoms with Crippen LogP contribution in [0.25, 0.3) is 0 Å². The van der Waals surface area contributed by atoms with E-state index in [0.717, 1.165) is 11.8 Å². The lowest BCUT2D eigenvalue weighted by Gasteiger charge is -2.12. The first kappa shape index (κ1) is 11.7. The van der Waals surface area contributed by atoms with Gasteiger partial charge in [-0.3, -0.25) is 9.59 Å². The summed E-state index contributed by atoms with van der Waals surface area (Å²) in [6, 6.07) is 8.94. The van der Waals surface area contributed by atoms with Gasteiger partial charge >= 0.3 is 0 Å². The molecule has 2 amide bonds. The van der Waals surface area contributed by atoms with Crippen molar-refractivity contribution in [2.75, 3.05) is 19.0 Å². The zero-order valence-corrected chi connectivity index (χ0v) is 10.4. The lowest BCUT2D eigenvalue weighted by molar-refractivity contribution is -0.113. The Bertz CT molecular complexity index is 483. The van der Waals surface area contributed by atoms with Gasteiger partial charge < -0.3 is 4.90 Å². The molecule has 0 saturated carbocycles. The molecule has 5 heteroatoms. The Morgan fingerprint density at radius 1 is 1.18 bits per heavy atom. The summed E-state index contributed by atoms with van der Waals surface area (Å²) in [5.74, 6) is -0.264. The minimum Gasteiger partial charge on any atom is -0.382 e. The predicted octanol–water partition coefficient (Wildman–Crippen LogP) is 2.29. The SMILES string of the molecule is CN(C)/C=C1/SC(=O)N(c2ccccc2)C1=O. The van der Waals surface area contributed by atoms with Crippen LogP contribution in [-0.2, 0) is 4.79 Å². The second kappa shape index (κ2) is 4.63. The second-order valence-corrected chi connectivity index (χ2v) is 4.79. The van der Waals surface area contributed by atoms with Crippen LogP contribution in [0.5, 0.6) is 0 Å². The number of carbonyl (C=O) groups excluding carboxylic acids is 2. The number of hydrogen-bond acceptors (Lipinski definition) is 4. The van der Waals surface area contributed by atoms with Gasteiger partial charge in [0.15, 0.2) is 0 Å². The van der Waals surface area contributed by atoms with Crippen molar-refractivity contribution in [1.82, 2.24) is 4.90 Å². The molecule has 2 rings (SSSR count). The summed E-state index contributed by atoms with van der Waals surface area (Å²) in [7, 11) is 3.63. The summed E-state index contributed by atoms with van der Waals surface area (Å²) >= 11 is 0.962. The first-order valence-corrected chi connectivity index (χ1v) is 5.91. The number of imide groups is 1. The smallest absolute Gasteiger partial charge is 0.298 e. The Morgan fingerprint density at radius 3 is 2.41 bits per heavy atom. The van der Waals surface area contributed by atoms with Gasteiger partial charge in [-0.25, -0.2) is 4.90 Å². The molecule has 0 radical (unpaired) electrons. The van der Waals surface area contributed by atoms with Crippen molar-refractivity contribution < 1.29 is 9.59 Å². The van der Waals surface area contributed by atoms with Crippen LogP contribution in [0.15, 0.2) is 41.4 Å². The summed E-state index contributed by atoms with van der Waals surface area (Å²) in [4.78, 5) is 27.2. The lowest BCUT2D eigenvalue weighted by Crippen LogP contribution is -2.27. The third-order valence-corrected chi connectivity index (χ3v) is 3.04. The molecule has 0 N–H and O–H groups in total. The van der Waals surface area contributed by atoms with Crippen LogP contribution in [0, 0.1) is 0 Å². The van der Waals surface area contributed by atoms with Gasteiger partial charge in [0.05, 0.1) is 10.6 Å². The van der Waals surface area contributed by atoms with Crippen molar-refractivity contribution in [3.8, 4) is 0 Å². The first-order chi connectivity index (χ1) is 8.09. The summed E-state index contributed by atoms with van der Waals surface area (Å²) in [6.45, 7) is 0. The molecule has 1 aromatic rings. The van der Waals surface area contributed by atoms with Crippen molar-refractivity contribution in [2.45, 2.75) is 0 Å². The fourth-order valence-electron chi connectivity index (χ4n) is 1.49. The fraction of sp³-hybridized carbons (Fsp3) is 0.167. The quantitative estimate of drug-likeness (QED) is 0.753. The molecule has 1 heterocycles. The van der Waals surface area contributed by atoms with Crippen molar-refractivity contribution in [1.29, 1.82) is 0 Å². The van der Waals surface area contributed by atoms with Gasteiger partial charge in [-0.05, 0) is 23.9 Å². The van der Waals surface area contributed by atoms with Gasteiger partial charge in [-0.2, -0.15) is 0 Å². The number of carbonyl (C=O) groups is 2. The number of para-hydroxylation sites is 1. The van der Waals surface area contributed by atoms with Crippen LogP contribution in [0.2, 0.25) is 0 Å². The molecule has 1 aliphatic rings. The minimum atomic E-state index is -0.264. The Hall–Kier alpha value is -1.75. The van der Waals surface area contributed by atoms with Crippen molar-refractivity contribution in [2.24, 2.45) is 0 Å². The van der Waals surface area contributed by atoms with Crippen LogP contribution >= 0.6 is 11.8 Å². The number of rotatable bonds is 2. The van der Waals surface area contributed by atoms with Gasteiger partial charge in [0.1, 0.15) is 0 Å². The normalized spacial score (nSPS) is 18.0. The monoisotopic (exact) mass is 248 g/mol. The molecule has 1 aromatic carbocycles. The van der Waals surface area contributed by atoms with E-state index in [9.17, 15) is 9.59 Å². The molecule has 4 nitrogen and oxygen atoms in total. The molecule has 0 bridgehead atoms. The highest BCUT2D eigenvalue weighted by molar-refractivity contribution is 8.18. The minimum absolute atomic E-state index is 0.255. The van der Waals surface area contributed by atoms with E-state index in [1.165, 1.54) is 4.90 Å². The second-order valence-electron chi connectivity index (χ2n) is 3.80. The third-order valence-electron chi connectivity index (χ3n) is 2.18. The molecular formula is C12H12N2O2S. The lowest BCUT2D eigenvalue weighted by atomic mass is 10.3. The summed E-state index contributed by atoms with van der Waals surface area (Å²) in [5.41, 5.74) is 0.608. The Morgan fingerprint density at radius 2 is 1.82 bits per heavy atom. The van der Waals surface area contributed by atoms with Gasteiger partial charge in [-0.1, -0.05) is 18.2 Å². The highest BCUT2D eigenvalue weighted by Gasteiger charge is 2.36. The van der Waals surface area contributed by atoms with Crippen LogP contribution in [0.4, 0.5) is 10.5 Å². The predicted molar refractivity (Wildman–Crippen MR) is 68.7 cm³/mol. The first-order valence-electron chi connectivity index (χ1n) is 5.09. The van der Waals surface area contributed by atoms with Crippen LogP contribution in [0.1, 0.15) is 0 Å². The Labute approximate surface area is 104 Å². The molecule has 1 fully saturated rings. The third kappa shape index (κ3) is 2.34. The number of benzene rings is 1. The molecule has 0 aromatic heterocycles. The largest absolute Gasteiger partial charge is 0.382 e. The number of nitrogens with zero attached hydrogens (tertiary/aromatic N) is 2. The topological polar surface area (TPSA) is 40.6 Å². The van der Waals surface area contributed by atoms with E-state index in [1.54, 1.807) is 35.4 Å². The average Bonchev–Trinajstić information content (AvgIpc) is 2.54. The van der Waals surface area contributed by atoms with Gasteiger partial charge in [0.25, 0.3) is 11.1 Å². The number of anilines is 1. The molecule has 0 atom stereocenters. The highest BCUT2D eigenvalue weighted by atomic mass is 32.2. The van der Waals surface area contributed by atoms with Crippen LogP contribution in [0.3, 0.4) is 0 Å². The zero-order valence-electron chi connectivity index (χ0n) is 9.58. The van der Waals surface area contributed by atoms with Crippen LogP contribution in [-0.4, -0.2) is 30.1 Å². The summed E-state index contributed by atoms with van der Waals surface area (Å²) in [5, 5.41) is -0.255. The van der Waals surface area contributed by atoms with Gasteiger partial charge in [0.2, 0.25) is 0 Å². The Balaban J connectivity index is 2.33. The van der Waals surface area contributed by atoms with E-state index in [1.807, 2.05) is 20.2 Å². The molecule has 88 valence electrons.